The number of amides is 3. The number of aliphatic carboxylic acids is 2. The van der Waals surface area contributed by atoms with Crippen molar-refractivity contribution in [3.8, 4) is 0 Å². The molecule has 37 heavy (non-hydrogen) atoms. The maximum absolute atomic E-state index is 13.0. The summed E-state index contributed by atoms with van der Waals surface area (Å²) < 4.78 is 0. The third kappa shape index (κ3) is 9.35. The van der Waals surface area contributed by atoms with Gasteiger partial charge in [-0.15, -0.1) is 0 Å². The minimum absolute atomic E-state index is 0.0439. The van der Waals surface area contributed by atoms with Gasteiger partial charge in [-0.25, -0.2) is 9.78 Å². The summed E-state index contributed by atoms with van der Waals surface area (Å²) >= 11 is 0. The van der Waals surface area contributed by atoms with Crippen molar-refractivity contribution >= 4 is 29.7 Å². The highest BCUT2D eigenvalue weighted by Crippen LogP contribution is 2.07. The lowest BCUT2D eigenvalue weighted by molar-refractivity contribution is -0.145. The van der Waals surface area contributed by atoms with Crippen LogP contribution < -0.4 is 21.7 Å². The molecular weight excluding hydrogens is 488 g/mol. The average molecular weight is 519 g/mol. The summed E-state index contributed by atoms with van der Waals surface area (Å²) in [6, 6.07) is 2.72. The topological polar surface area (TPSA) is 237 Å². The van der Waals surface area contributed by atoms with Crippen molar-refractivity contribution in [2.75, 3.05) is 0 Å². The van der Waals surface area contributed by atoms with Crippen LogP contribution in [0.3, 0.4) is 0 Å². The molecule has 5 atom stereocenters. The van der Waals surface area contributed by atoms with Gasteiger partial charge in [-0.05, 0) is 12.5 Å². The van der Waals surface area contributed by atoms with E-state index >= 15 is 0 Å². The number of aromatic nitrogens is 2. The van der Waals surface area contributed by atoms with E-state index in [0.29, 0.717) is 11.3 Å². The summed E-state index contributed by atoms with van der Waals surface area (Å²) in [6.07, 6.45) is 0.563. The second kappa shape index (κ2) is 13.7. The standard InChI is InChI=1S/C23H30N6O8/c1-12(30)19(23(36)37)29-22(35)16(7-13-5-3-2-4-6-13)28-21(34)17(9-18(31)32)27-20(33)15(24)8-14-10-25-11-26-14/h2-6,10-12,15-17,19,30H,7-9,24H2,1H3,(H,25,26)(H,27,33)(H,28,34)(H,29,35)(H,31,32)(H,36,37). The molecule has 0 bridgehead atoms. The van der Waals surface area contributed by atoms with Crippen LogP contribution in [0.25, 0.3) is 0 Å². The minimum Gasteiger partial charge on any atom is -0.481 e. The molecule has 2 aromatic rings. The first-order valence-electron chi connectivity index (χ1n) is 11.3. The molecule has 0 spiro atoms. The molecule has 0 saturated carbocycles. The van der Waals surface area contributed by atoms with Crippen LogP contribution in [0.2, 0.25) is 0 Å². The first-order valence-corrected chi connectivity index (χ1v) is 11.3. The first kappa shape index (κ1) is 28.9. The van der Waals surface area contributed by atoms with Crippen molar-refractivity contribution < 1.29 is 39.3 Å². The SMILES string of the molecule is CC(O)C(NC(=O)C(Cc1ccccc1)NC(=O)C(CC(=O)O)NC(=O)C(N)Cc1cnc[nH]1)C(=O)O. The van der Waals surface area contributed by atoms with E-state index in [-0.39, 0.29) is 12.8 Å². The molecule has 0 aliphatic carbocycles. The quantitative estimate of drug-likeness (QED) is 0.136. The van der Waals surface area contributed by atoms with E-state index in [1.54, 1.807) is 30.3 Å². The Morgan fingerprint density at radius 1 is 0.946 bits per heavy atom. The number of carboxylic acid groups (broad SMARTS) is 2. The van der Waals surface area contributed by atoms with E-state index in [2.05, 4.69) is 25.9 Å². The number of hydrogen-bond acceptors (Lipinski definition) is 8. The zero-order valence-electron chi connectivity index (χ0n) is 20.0. The van der Waals surface area contributed by atoms with E-state index in [0.717, 1.165) is 0 Å². The van der Waals surface area contributed by atoms with Crippen molar-refractivity contribution in [3.05, 3.63) is 54.1 Å². The Balaban J connectivity index is 2.20. The first-order chi connectivity index (χ1) is 17.5. The van der Waals surface area contributed by atoms with Gasteiger partial charge >= 0.3 is 11.9 Å². The Labute approximate surface area is 211 Å². The molecule has 0 saturated heterocycles. The van der Waals surface area contributed by atoms with Gasteiger partial charge in [0.2, 0.25) is 17.7 Å². The number of nitrogens with two attached hydrogens (primary N) is 1. The van der Waals surface area contributed by atoms with E-state index < -0.39 is 66.4 Å². The summed E-state index contributed by atoms with van der Waals surface area (Å²) in [6.45, 7) is 1.18. The molecule has 0 fully saturated rings. The second-order valence-electron chi connectivity index (χ2n) is 8.36. The summed E-state index contributed by atoms with van der Waals surface area (Å²) in [5, 5.41) is 35.1. The molecule has 0 radical (unpaired) electrons. The fourth-order valence-electron chi connectivity index (χ4n) is 3.36. The number of H-pyrrole nitrogens is 1. The Kier molecular flexibility index (Phi) is 10.7. The summed E-state index contributed by atoms with van der Waals surface area (Å²) in [5.74, 6) is -5.62. The van der Waals surface area contributed by atoms with E-state index in [9.17, 15) is 39.3 Å². The van der Waals surface area contributed by atoms with Crippen LogP contribution in [0, 0.1) is 0 Å². The highest BCUT2D eigenvalue weighted by Gasteiger charge is 2.33. The monoisotopic (exact) mass is 518 g/mol. The number of hydrogen-bond donors (Lipinski definition) is 8. The van der Waals surface area contributed by atoms with Gasteiger partial charge < -0.3 is 42.0 Å². The number of nitrogens with zero attached hydrogens (tertiary/aromatic N) is 1. The Morgan fingerprint density at radius 3 is 2.11 bits per heavy atom. The van der Waals surface area contributed by atoms with Crippen LogP contribution >= 0.6 is 0 Å². The van der Waals surface area contributed by atoms with E-state index in [4.69, 9.17) is 5.73 Å². The Morgan fingerprint density at radius 2 is 1.57 bits per heavy atom. The molecule has 14 heteroatoms. The van der Waals surface area contributed by atoms with Gasteiger partial charge in [0, 0.05) is 24.7 Å². The van der Waals surface area contributed by atoms with Gasteiger partial charge in [-0.3, -0.25) is 19.2 Å². The number of carboxylic acids is 2. The normalized spacial score (nSPS) is 14.9. The van der Waals surface area contributed by atoms with Crippen molar-refractivity contribution in [3.63, 3.8) is 0 Å². The van der Waals surface area contributed by atoms with Crippen LogP contribution in [0.5, 0.6) is 0 Å². The van der Waals surface area contributed by atoms with Crippen LogP contribution in [-0.4, -0.2) is 85.2 Å². The molecule has 3 amide bonds. The predicted molar refractivity (Wildman–Crippen MR) is 128 cm³/mol. The largest absolute Gasteiger partial charge is 0.481 e. The van der Waals surface area contributed by atoms with Gasteiger partial charge in [0.05, 0.1) is 24.9 Å². The highest BCUT2D eigenvalue weighted by atomic mass is 16.4. The number of imidazole rings is 1. The summed E-state index contributed by atoms with van der Waals surface area (Å²) in [7, 11) is 0. The lowest BCUT2D eigenvalue weighted by atomic mass is 10.0. The van der Waals surface area contributed by atoms with Gasteiger partial charge in [-0.2, -0.15) is 0 Å². The zero-order chi connectivity index (χ0) is 27.5. The summed E-state index contributed by atoms with van der Waals surface area (Å²) in [4.78, 5) is 67.9. The Bertz CT molecular complexity index is 1080. The molecule has 9 N–H and O–H groups in total. The van der Waals surface area contributed by atoms with Crippen molar-refractivity contribution in [2.45, 2.75) is 56.5 Å². The molecule has 1 heterocycles. The maximum atomic E-state index is 13.0. The lowest BCUT2D eigenvalue weighted by Gasteiger charge is -2.25. The van der Waals surface area contributed by atoms with Crippen LogP contribution in [0.1, 0.15) is 24.6 Å². The lowest BCUT2D eigenvalue weighted by Crippen LogP contribution is -2.59. The number of carbonyl (C=O) groups excluding carboxylic acids is 3. The van der Waals surface area contributed by atoms with Gasteiger partial charge in [-0.1, -0.05) is 30.3 Å². The van der Waals surface area contributed by atoms with Crippen LogP contribution in [0.4, 0.5) is 0 Å². The molecule has 5 unspecified atom stereocenters. The molecular formula is C23H30N6O8. The van der Waals surface area contributed by atoms with Gasteiger partial charge in [0.1, 0.15) is 12.1 Å². The number of aromatic amines is 1. The van der Waals surface area contributed by atoms with Crippen LogP contribution in [-0.2, 0) is 36.8 Å². The van der Waals surface area contributed by atoms with E-state index in [1.807, 2.05) is 0 Å². The number of nitrogens with one attached hydrogen (secondary N) is 4. The fraction of sp³-hybridized carbons (Fsp3) is 0.391. The van der Waals surface area contributed by atoms with Crippen molar-refractivity contribution in [1.29, 1.82) is 0 Å². The molecule has 0 aliphatic rings. The number of aliphatic hydroxyl groups excluding tert-OH is 1. The maximum Gasteiger partial charge on any atom is 0.328 e. The highest BCUT2D eigenvalue weighted by molar-refractivity contribution is 5.95. The van der Waals surface area contributed by atoms with Crippen LogP contribution in [0.15, 0.2) is 42.9 Å². The van der Waals surface area contributed by atoms with Crippen molar-refractivity contribution in [2.24, 2.45) is 5.73 Å². The molecule has 1 aromatic heterocycles. The predicted octanol–water partition coefficient (Wildman–Crippen LogP) is -2.08. The van der Waals surface area contributed by atoms with E-state index in [1.165, 1.54) is 19.4 Å². The molecule has 0 aliphatic heterocycles. The minimum atomic E-state index is -1.65. The number of carbonyl (C=O) groups is 5. The number of aliphatic hydroxyl groups is 1. The molecule has 14 nitrogen and oxygen atoms in total. The zero-order valence-corrected chi connectivity index (χ0v) is 20.0. The molecule has 2 rings (SSSR count). The third-order valence-corrected chi connectivity index (χ3v) is 5.31. The summed E-state index contributed by atoms with van der Waals surface area (Å²) in [5.41, 5.74) is 7.02. The Hall–Kier alpha value is -4.30. The van der Waals surface area contributed by atoms with Gasteiger partial charge in [0.25, 0.3) is 0 Å². The average Bonchev–Trinajstić information content (AvgIpc) is 3.34. The fourth-order valence-corrected chi connectivity index (χ4v) is 3.36. The number of rotatable bonds is 14. The molecule has 200 valence electrons. The molecule has 1 aromatic carbocycles. The third-order valence-electron chi connectivity index (χ3n) is 5.31. The number of benzene rings is 1. The van der Waals surface area contributed by atoms with Crippen molar-refractivity contribution in [1.82, 2.24) is 25.9 Å². The smallest absolute Gasteiger partial charge is 0.328 e. The van der Waals surface area contributed by atoms with Gasteiger partial charge in [0.15, 0.2) is 6.04 Å². The second-order valence-corrected chi connectivity index (χ2v) is 8.36.